The predicted molar refractivity (Wildman–Crippen MR) is 95.9 cm³/mol. The molecule has 126 valence electrons. The molecule has 2 amide bonds. The van der Waals surface area contributed by atoms with E-state index in [4.69, 9.17) is 4.74 Å². The number of nitrogens with zero attached hydrogens (tertiary/aromatic N) is 2. The molecular weight excluding hydrogens is 346 g/mol. The Morgan fingerprint density at radius 3 is 2.71 bits per heavy atom. The van der Waals surface area contributed by atoms with E-state index in [0.29, 0.717) is 13.0 Å². The van der Waals surface area contributed by atoms with Crippen LogP contribution in [0.25, 0.3) is 0 Å². The maximum absolute atomic E-state index is 11.6. The maximum Gasteiger partial charge on any atom is 0.286 e. The minimum atomic E-state index is -0.337. The quantitative estimate of drug-likeness (QED) is 0.815. The number of anilines is 1. The Bertz CT molecular complexity index is 704. The molecule has 0 bridgehead atoms. The molecule has 24 heavy (non-hydrogen) atoms. The molecule has 8 heteroatoms. The van der Waals surface area contributed by atoms with Crippen molar-refractivity contribution in [3.05, 3.63) is 41.4 Å². The van der Waals surface area contributed by atoms with E-state index in [1.165, 1.54) is 0 Å². The minimum Gasteiger partial charge on any atom is -0.492 e. The highest BCUT2D eigenvalue weighted by molar-refractivity contribution is 8.15. The highest BCUT2D eigenvalue weighted by atomic mass is 32.2. The second-order valence-electron chi connectivity index (χ2n) is 5.32. The number of imide groups is 1. The molecule has 1 atom stereocenters. The first kappa shape index (κ1) is 16.8. The topological polar surface area (TPSA) is 71.5 Å². The molecule has 1 saturated heterocycles. The third-order valence-electron chi connectivity index (χ3n) is 3.55. The first-order valence-electron chi connectivity index (χ1n) is 7.45. The van der Waals surface area contributed by atoms with Crippen molar-refractivity contribution in [2.75, 3.05) is 25.1 Å². The molecule has 6 nitrogen and oxygen atoms in total. The van der Waals surface area contributed by atoms with Crippen LogP contribution in [0.5, 0.6) is 5.75 Å². The Kier molecular flexibility index (Phi) is 5.37. The van der Waals surface area contributed by atoms with Crippen LogP contribution >= 0.6 is 23.1 Å². The number of amides is 2. The van der Waals surface area contributed by atoms with Crippen LogP contribution in [0.2, 0.25) is 0 Å². The third-order valence-corrected chi connectivity index (χ3v) is 5.42. The van der Waals surface area contributed by atoms with Crippen LogP contribution in [0.1, 0.15) is 5.56 Å². The van der Waals surface area contributed by atoms with Gasteiger partial charge >= 0.3 is 0 Å². The number of thioether (sulfide) groups is 1. The lowest BCUT2D eigenvalue weighted by Crippen LogP contribution is -2.25. The first-order chi connectivity index (χ1) is 11.6. The number of ether oxygens (including phenoxy) is 1. The number of rotatable bonds is 7. The van der Waals surface area contributed by atoms with Crippen LogP contribution in [0.15, 0.2) is 35.8 Å². The van der Waals surface area contributed by atoms with Crippen molar-refractivity contribution in [1.29, 1.82) is 0 Å². The van der Waals surface area contributed by atoms with E-state index >= 15 is 0 Å². The van der Waals surface area contributed by atoms with Gasteiger partial charge in [-0.15, -0.1) is 11.3 Å². The molecule has 0 saturated carbocycles. The summed E-state index contributed by atoms with van der Waals surface area (Å²) in [6.45, 7) is 1.31. The van der Waals surface area contributed by atoms with E-state index in [0.717, 1.165) is 34.8 Å². The largest absolute Gasteiger partial charge is 0.492 e. The lowest BCUT2D eigenvalue weighted by Gasteiger charge is -2.16. The third kappa shape index (κ3) is 4.27. The summed E-state index contributed by atoms with van der Waals surface area (Å²) in [6.07, 6.45) is 2.32. The monoisotopic (exact) mass is 363 g/mol. The van der Waals surface area contributed by atoms with E-state index < -0.39 is 0 Å². The highest BCUT2D eigenvalue weighted by Crippen LogP contribution is 2.24. The van der Waals surface area contributed by atoms with Crippen LogP contribution in [-0.2, 0) is 11.2 Å². The molecule has 0 radical (unpaired) electrons. The molecule has 1 fully saturated rings. The summed E-state index contributed by atoms with van der Waals surface area (Å²) in [6, 6.07) is 7.63. The van der Waals surface area contributed by atoms with Gasteiger partial charge in [0.05, 0.1) is 11.8 Å². The number of aromatic nitrogens is 1. The van der Waals surface area contributed by atoms with E-state index in [2.05, 4.69) is 10.3 Å². The molecule has 1 N–H and O–H groups in total. The van der Waals surface area contributed by atoms with Crippen LogP contribution in [-0.4, -0.2) is 41.6 Å². The van der Waals surface area contributed by atoms with Crippen LogP contribution in [0, 0.1) is 0 Å². The maximum atomic E-state index is 11.6. The number of carbonyl (C=O) groups excluding carboxylic acids is 2. The van der Waals surface area contributed by atoms with Crippen molar-refractivity contribution in [3.63, 3.8) is 0 Å². The van der Waals surface area contributed by atoms with Gasteiger partial charge in [-0.05, 0) is 24.1 Å². The van der Waals surface area contributed by atoms with Crippen molar-refractivity contribution in [1.82, 2.24) is 10.3 Å². The summed E-state index contributed by atoms with van der Waals surface area (Å²) >= 11 is 2.64. The summed E-state index contributed by atoms with van der Waals surface area (Å²) in [7, 11) is 1.98. The van der Waals surface area contributed by atoms with Gasteiger partial charge in [0.2, 0.25) is 5.91 Å². The fourth-order valence-corrected chi connectivity index (χ4v) is 3.76. The predicted octanol–water partition coefficient (Wildman–Crippen LogP) is 2.55. The smallest absolute Gasteiger partial charge is 0.286 e. The van der Waals surface area contributed by atoms with Gasteiger partial charge in [0.15, 0.2) is 5.13 Å². The molecule has 1 aromatic heterocycles. The highest BCUT2D eigenvalue weighted by Gasteiger charge is 2.31. The number of carbonyl (C=O) groups is 2. The fourth-order valence-electron chi connectivity index (χ4n) is 2.26. The Balaban J connectivity index is 1.46. The number of likely N-dealkylation sites (N-methyl/N-ethyl adjacent to an activating group) is 1. The zero-order chi connectivity index (χ0) is 16.9. The van der Waals surface area contributed by atoms with E-state index in [9.17, 15) is 9.59 Å². The molecule has 2 aromatic rings. The first-order valence-corrected chi connectivity index (χ1v) is 9.21. The molecule has 1 aliphatic heterocycles. The number of thiazole rings is 1. The van der Waals surface area contributed by atoms with E-state index in [1.54, 1.807) is 17.5 Å². The van der Waals surface area contributed by atoms with Gasteiger partial charge in [0, 0.05) is 18.6 Å². The molecule has 0 spiro atoms. The van der Waals surface area contributed by atoms with Gasteiger partial charge in [-0.2, -0.15) is 0 Å². The normalized spacial score (nSPS) is 17.0. The average Bonchev–Trinajstić information content (AvgIpc) is 3.19. The summed E-state index contributed by atoms with van der Waals surface area (Å²) in [4.78, 5) is 29.0. The van der Waals surface area contributed by atoms with Gasteiger partial charge in [0.25, 0.3) is 5.24 Å². The molecule has 0 aliphatic carbocycles. The molecule has 1 aromatic carbocycles. The van der Waals surface area contributed by atoms with Crippen LogP contribution in [0.4, 0.5) is 9.93 Å². The second kappa shape index (κ2) is 7.67. The SMILES string of the molecule is CN(CCOc1ccc(C[C@H]2SC(=O)NC2=O)cc1)c1nccs1. The van der Waals surface area contributed by atoms with Gasteiger partial charge in [0.1, 0.15) is 12.4 Å². The van der Waals surface area contributed by atoms with Gasteiger partial charge < -0.3 is 9.64 Å². The van der Waals surface area contributed by atoms with Crippen molar-refractivity contribution in [2.24, 2.45) is 0 Å². The Morgan fingerprint density at radius 2 is 2.08 bits per heavy atom. The van der Waals surface area contributed by atoms with Crippen LogP contribution in [0.3, 0.4) is 0 Å². The Labute approximate surface area is 148 Å². The van der Waals surface area contributed by atoms with Crippen LogP contribution < -0.4 is 15.0 Å². The van der Waals surface area contributed by atoms with E-state index in [-0.39, 0.29) is 16.4 Å². The number of nitrogens with one attached hydrogen (secondary N) is 1. The number of hydrogen-bond acceptors (Lipinski definition) is 7. The van der Waals surface area contributed by atoms with Crippen molar-refractivity contribution >= 4 is 39.4 Å². The summed E-state index contributed by atoms with van der Waals surface area (Å²) in [5.74, 6) is 0.571. The van der Waals surface area contributed by atoms with Crippen molar-refractivity contribution in [2.45, 2.75) is 11.7 Å². The number of hydrogen-bond donors (Lipinski definition) is 1. The minimum absolute atomic E-state index is 0.212. The molecule has 2 heterocycles. The standard InChI is InChI=1S/C16H17N3O3S2/c1-19(15-17-6-9-23-15)7-8-22-12-4-2-11(3-5-12)10-13-14(20)18-16(21)24-13/h2-6,9,13H,7-8,10H2,1H3,(H,18,20,21)/t13-/m1/s1. The summed E-state index contributed by atoms with van der Waals surface area (Å²) in [5, 5.41) is 4.61. The number of benzene rings is 1. The lowest BCUT2D eigenvalue weighted by molar-refractivity contribution is -0.118. The Morgan fingerprint density at radius 1 is 1.29 bits per heavy atom. The summed E-state index contributed by atoms with van der Waals surface area (Å²) in [5.41, 5.74) is 1.00. The molecule has 3 rings (SSSR count). The molecule has 1 aliphatic rings. The zero-order valence-corrected chi connectivity index (χ0v) is 14.7. The molecule has 0 unspecified atom stereocenters. The fraction of sp³-hybridized carbons (Fsp3) is 0.312. The average molecular weight is 363 g/mol. The molecular formula is C16H17N3O3S2. The van der Waals surface area contributed by atoms with Gasteiger partial charge in [-0.25, -0.2) is 4.98 Å². The van der Waals surface area contributed by atoms with E-state index in [1.807, 2.05) is 41.6 Å². The van der Waals surface area contributed by atoms with Crippen molar-refractivity contribution in [3.8, 4) is 5.75 Å². The zero-order valence-electron chi connectivity index (χ0n) is 13.1. The second-order valence-corrected chi connectivity index (χ2v) is 7.36. The van der Waals surface area contributed by atoms with Crippen molar-refractivity contribution < 1.29 is 14.3 Å². The van der Waals surface area contributed by atoms with Gasteiger partial charge in [-0.1, -0.05) is 23.9 Å². The van der Waals surface area contributed by atoms with Gasteiger partial charge in [-0.3, -0.25) is 14.9 Å². The lowest BCUT2D eigenvalue weighted by atomic mass is 10.1. The summed E-state index contributed by atoms with van der Waals surface area (Å²) < 4.78 is 5.73. The Hall–Kier alpha value is -2.06.